The van der Waals surface area contributed by atoms with Crippen LogP contribution in [0.5, 0.6) is 0 Å². The number of hydrogen-bond donors (Lipinski definition) is 1. The van der Waals surface area contributed by atoms with E-state index in [1.807, 2.05) is 6.92 Å². The molecule has 0 saturated carbocycles. The van der Waals surface area contributed by atoms with Gasteiger partial charge in [-0.05, 0) is 25.8 Å². The van der Waals surface area contributed by atoms with E-state index in [2.05, 4.69) is 19.2 Å². The molecular weight excluding hydrogens is 129 g/mol. The van der Waals surface area contributed by atoms with Crippen molar-refractivity contribution in [3.63, 3.8) is 0 Å². The molecule has 0 spiro atoms. The first-order chi connectivity index (χ1) is 4.57. The Balaban J connectivity index is 2.66. The van der Waals surface area contributed by atoms with Gasteiger partial charge in [0.1, 0.15) is 6.17 Å². The van der Waals surface area contributed by atoms with Crippen LogP contribution in [0.15, 0.2) is 0 Å². The van der Waals surface area contributed by atoms with Crippen molar-refractivity contribution in [1.29, 1.82) is 0 Å². The van der Waals surface area contributed by atoms with Crippen LogP contribution < -0.4 is 5.32 Å². The Labute approximate surface area is 62.0 Å². The van der Waals surface area contributed by atoms with Gasteiger partial charge < -0.3 is 5.32 Å². The van der Waals surface area contributed by atoms with Gasteiger partial charge in [0.2, 0.25) is 0 Å². The average Bonchev–Trinajstić information content (AvgIpc) is 2.15. The summed E-state index contributed by atoms with van der Waals surface area (Å²) in [6, 6.07) is 0. The molecule has 1 heterocycles. The third kappa shape index (κ3) is 1.05. The molecule has 1 N–H and O–H groups in total. The molecule has 0 bridgehead atoms. The van der Waals surface area contributed by atoms with Crippen molar-refractivity contribution in [2.75, 3.05) is 6.54 Å². The van der Waals surface area contributed by atoms with E-state index in [0.717, 1.165) is 6.54 Å². The molecule has 0 aromatic heterocycles. The highest BCUT2D eigenvalue weighted by Crippen LogP contribution is 2.29. The van der Waals surface area contributed by atoms with Crippen LogP contribution in [0.2, 0.25) is 0 Å². The second-order valence-electron chi connectivity index (χ2n) is 3.62. The van der Waals surface area contributed by atoms with E-state index < -0.39 is 6.17 Å². The summed E-state index contributed by atoms with van der Waals surface area (Å²) in [4.78, 5) is 0. The second-order valence-corrected chi connectivity index (χ2v) is 3.62. The summed E-state index contributed by atoms with van der Waals surface area (Å²) >= 11 is 0. The van der Waals surface area contributed by atoms with Crippen molar-refractivity contribution in [3.05, 3.63) is 0 Å². The van der Waals surface area contributed by atoms with Crippen LogP contribution in [0.25, 0.3) is 0 Å². The smallest absolute Gasteiger partial charge is 0.119 e. The standard InChI is InChI=1S/C8H16FN/c1-6(2)8(3)7(9)4-5-10-8/h6-7,10H,4-5H2,1-3H3/t7?,8-/m1/s1. The summed E-state index contributed by atoms with van der Waals surface area (Å²) in [6.07, 6.45) is 0.0156. The quantitative estimate of drug-likeness (QED) is 0.592. The topological polar surface area (TPSA) is 12.0 Å². The maximum Gasteiger partial charge on any atom is 0.119 e. The predicted octanol–water partition coefficient (Wildman–Crippen LogP) is 1.73. The normalized spacial score (nSPS) is 41.1. The fraction of sp³-hybridized carbons (Fsp3) is 1.00. The Morgan fingerprint density at radius 1 is 1.60 bits per heavy atom. The van der Waals surface area contributed by atoms with Crippen LogP contribution in [0.4, 0.5) is 4.39 Å². The van der Waals surface area contributed by atoms with E-state index in [-0.39, 0.29) is 5.54 Å². The summed E-state index contributed by atoms with van der Waals surface area (Å²) < 4.78 is 13.2. The molecule has 0 radical (unpaired) electrons. The molecule has 2 heteroatoms. The van der Waals surface area contributed by atoms with Gasteiger partial charge in [0.25, 0.3) is 0 Å². The fourth-order valence-corrected chi connectivity index (χ4v) is 1.44. The summed E-state index contributed by atoms with van der Waals surface area (Å²) in [6.45, 7) is 6.92. The lowest BCUT2D eigenvalue weighted by molar-refractivity contribution is 0.166. The van der Waals surface area contributed by atoms with Gasteiger partial charge in [-0.3, -0.25) is 0 Å². The highest BCUT2D eigenvalue weighted by atomic mass is 19.1. The van der Waals surface area contributed by atoms with Crippen LogP contribution >= 0.6 is 0 Å². The van der Waals surface area contributed by atoms with Crippen molar-refractivity contribution in [2.24, 2.45) is 5.92 Å². The Bertz CT molecular complexity index is 124. The zero-order chi connectivity index (χ0) is 7.78. The number of halogens is 1. The van der Waals surface area contributed by atoms with Gasteiger partial charge in [0, 0.05) is 5.54 Å². The molecule has 0 aromatic carbocycles. The molecule has 1 saturated heterocycles. The minimum atomic E-state index is -0.660. The number of hydrogen-bond acceptors (Lipinski definition) is 1. The first kappa shape index (κ1) is 7.99. The van der Waals surface area contributed by atoms with Gasteiger partial charge in [-0.2, -0.15) is 0 Å². The Morgan fingerprint density at radius 2 is 2.20 bits per heavy atom. The van der Waals surface area contributed by atoms with Crippen LogP contribution in [0, 0.1) is 5.92 Å². The summed E-state index contributed by atoms with van der Waals surface area (Å²) in [5.74, 6) is 0.380. The zero-order valence-corrected chi connectivity index (χ0v) is 6.95. The van der Waals surface area contributed by atoms with E-state index in [9.17, 15) is 4.39 Å². The van der Waals surface area contributed by atoms with Crippen molar-refractivity contribution >= 4 is 0 Å². The average molecular weight is 145 g/mol. The number of nitrogens with one attached hydrogen (secondary N) is 1. The van der Waals surface area contributed by atoms with E-state index in [4.69, 9.17) is 0 Å². The third-order valence-electron chi connectivity index (χ3n) is 2.75. The minimum absolute atomic E-state index is 0.264. The molecular formula is C8H16FN. The van der Waals surface area contributed by atoms with Crippen LogP contribution in [0.1, 0.15) is 27.2 Å². The third-order valence-corrected chi connectivity index (χ3v) is 2.75. The summed E-state index contributed by atoms with van der Waals surface area (Å²) in [5.41, 5.74) is -0.264. The van der Waals surface area contributed by atoms with Gasteiger partial charge in [0.15, 0.2) is 0 Å². The molecule has 0 aliphatic carbocycles. The molecule has 0 amide bonds. The largest absolute Gasteiger partial charge is 0.309 e. The highest BCUT2D eigenvalue weighted by molar-refractivity contribution is 4.98. The van der Waals surface area contributed by atoms with Gasteiger partial charge in [0.05, 0.1) is 0 Å². The van der Waals surface area contributed by atoms with Crippen LogP contribution in [0.3, 0.4) is 0 Å². The lowest BCUT2D eigenvalue weighted by Gasteiger charge is -2.31. The Morgan fingerprint density at radius 3 is 2.40 bits per heavy atom. The maximum atomic E-state index is 13.2. The minimum Gasteiger partial charge on any atom is -0.309 e. The van der Waals surface area contributed by atoms with Gasteiger partial charge >= 0.3 is 0 Å². The van der Waals surface area contributed by atoms with Gasteiger partial charge in [-0.1, -0.05) is 13.8 Å². The lowest BCUT2D eigenvalue weighted by atomic mass is 9.86. The highest BCUT2D eigenvalue weighted by Gasteiger charge is 2.40. The predicted molar refractivity (Wildman–Crippen MR) is 40.8 cm³/mol. The van der Waals surface area contributed by atoms with E-state index in [1.165, 1.54) is 0 Å². The fourth-order valence-electron chi connectivity index (χ4n) is 1.44. The molecule has 1 nitrogen and oxygen atoms in total. The van der Waals surface area contributed by atoms with E-state index >= 15 is 0 Å². The lowest BCUT2D eigenvalue weighted by Crippen LogP contribution is -2.47. The molecule has 10 heavy (non-hydrogen) atoms. The van der Waals surface area contributed by atoms with Gasteiger partial charge in [-0.25, -0.2) is 4.39 Å². The van der Waals surface area contributed by atoms with Gasteiger partial charge in [-0.15, -0.1) is 0 Å². The van der Waals surface area contributed by atoms with Crippen molar-refractivity contribution in [2.45, 2.75) is 38.9 Å². The van der Waals surface area contributed by atoms with Crippen LogP contribution in [-0.2, 0) is 0 Å². The first-order valence-corrected chi connectivity index (χ1v) is 3.96. The van der Waals surface area contributed by atoms with Crippen LogP contribution in [-0.4, -0.2) is 18.3 Å². The molecule has 1 aliphatic heterocycles. The zero-order valence-electron chi connectivity index (χ0n) is 6.95. The Kier molecular flexibility index (Phi) is 1.99. The Hall–Kier alpha value is -0.110. The molecule has 1 unspecified atom stereocenters. The molecule has 2 atom stereocenters. The molecule has 60 valence electrons. The summed E-state index contributed by atoms with van der Waals surface area (Å²) in [7, 11) is 0. The molecule has 1 rings (SSSR count). The van der Waals surface area contributed by atoms with E-state index in [0.29, 0.717) is 12.3 Å². The SMILES string of the molecule is CC(C)[C@@]1(C)NCCC1F. The second kappa shape index (κ2) is 2.50. The summed E-state index contributed by atoms with van der Waals surface area (Å²) in [5, 5.41) is 3.21. The maximum absolute atomic E-state index is 13.2. The monoisotopic (exact) mass is 145 g/mol. The molecule has 0 aromatic rings. The number of rotatable bonds is 1. The molecule has 1 aliphatic rings. The number of alkyl halides is 1. The van der Waals surface area contributed by atoms with Crippen molar-refractivity contribution < 1.29 is 4.39 Å². The van der Waals surface area contributed by atoms with E-state index in [1.54, 1.807) is 0 Å². The molecule has 1 fully saturated rings. The van der Waals surface area contributed by atoms with Crippen molar-refractivity contribution in [1.82, 2.24) is 5.32 Å². The first-order valence-electron chi connectivity index (χ1n) is 3.96. The van der Waals surface area contributed by atoms with Crippen molar-refractivity contribution in [3.8, 4) is 0 Å².